The number of methoxy groups -OCH3 is 1. The lowest BCUT2D eigenvalue weighted by molar-refractivity contribution is -0.137. The molecule has 1 N–H and O–H groups in total. The number of H-pyrrole nitrogens is 1. The molecule has 2 fully saturated rings. The molecular formula is C34H37N7O3. The van der Waals surface area contributed by atoms with Gasteiger partial charge in [-0.1, -0.05) is 24.3 Å². The summed E-state index contributed by atoms with van der Waals surface area (Å²) in [5.41, 5.74) is 5.97. The van der Waals surface area contributed by atoms with E-state index in [1.807, 2.05) is 52.9 Å². The number of imidazole rings is 2. The van der Waals surface area contributed by atoms with E-state index in [2.05, 4.69) is 39.1 Å². The van der Waals surface area contributed by atoms with Crippen molar-refractivity contribution in [3.63, 3.8) is 0 Å². The molecule has 0 saturated carbocycles. The third kappa shape index (κ3) is 5.70. The number of ether oxygens (including phenoxy) is 2. The Balaban J connectivity index is 1.15. The predicted molar refractivity (Wildman–Crippen MR) is 168 cm³/mol. The molecule has 2 aromatic carbocycles. The van der Waals surface area contributed by atoms with Gasteiger partial charge in [-0.05, 0) is 60.2 Å². The monoisotopic (exact) mass is 591 g/mol. The number of piperazine rings is 1. The van der Waals surface area contributed by atoms with Crippen LogP contribution in [0.25, 0.3) is 33.4 Å². The zero-order valence-corrected chi connectivity index (χ0v) is 25.1. The highest BCUT2D eigenvalue weighted by atomic mass is 16.5. The number of aryl methyl sites for hydroxylation is 1. The molecule has 44 heavy (non-hydrogen) atoms. The Hall–Kier alpha value is -4.54. The second-order valence-electron chi connectivity index (χ2n) is 11.7. The predicted octanol–water partition coefficient (Wildman–Crippen LogP) is 4.73. The van der Waals surface area contributed by atoms with Gasteiger partial charge in [0.25, 0.3) is 0 Å². The Kier molecular flexibility index (Phi) is 7.84. The van der Waals surface area contributed by atoms with Crippen LogP contribution < -0.4 is 4.74 Å². The zero-order chi connectivity index (χ0) is 30.0. The molecule has 226 valence electrons. The molecule has 10 heteroatoms. The minimum absolute atomic E-state index is 0.0451. The maximum Gasteiger partial charge on any atom is 0.243 e. The van der Waals surface area contributed by atoms with Gasteiger partial charge in [-0.25, -0.2) is 9.97 Å². The van der Waals surface area contributed by atoms with E-state index in [-0.39, 0.29) is 18.5 Å². The molecule has 2 aliphatic heterocycles. The molecule has 0 radical (unpaired) electrons. The number of rotatable bonds is 8. The summed E-state index contributed by atoms with van der Waals surface area (Å²) in [7, 11) is 1.65. The molecule has 3 aromatic heterocycles. The molecule has 5 heterocycles. The molecule has 0 bridgehead atoms. The molecular weight excluding hydrogens is 554 g/mol. The average molecular weight is 592 g/mol. The highest BCUT2D eigenvalue weighted by Gasteiger charge is 2.35. The minimum Gasteiger partial charge on any atom is -0.497 e. The molecule has 2 atom stereocenters. The van der Waals surface area contributed by atoms with Gasteiger partial charge in [0.15, 0.2) is 0 Å². The first kappa shape index (κ1) is 28.2. The molecule has 0 spiro atoms. The Morgan fingerprint density at radius 3 is 2.61 bits per heavy atom. The lowest BCUT2D eigenvalue weighted by Crippen LogP contribution is -2.52. The fourth-order valence-electron chi connectivity index (χ4n) is 6.45. The van der Waals surface area contributed by atoms with Crippen molar-refractivity contribution in [3.8, 4) is 28.1 Å². The van der Waals surface area contributed by atoms with Gasteiger partial charge < -0.3 is 23.9 Å². The highest BCUT2D eigenvalue weighted by molar-refractivity contribution is 5.82. The van der Waals surface area contributed by atoms with E-state index in [1.165, 1.54) is 0 Å². The van der Waals surface area contributed by atoms with Gasteiger partial charge in [0, 0.05) is 51.2 Å². The summed E-state index contributed by atoms with van der Waals surface area (Å²) >= 11 is 0. The number of nitrogens with one attached hydrogen (secondary N) is 1. The van der Waals surface area contributed by atoms with Crippen molar-refractivity contribution in [2.45, 2.75) is 25.9 Å². The van der Waals surface area contributed by atoms with Crippen molar-refractivity contribution in [3.05, 3.63) is 84.8 Å². The summed E-state index contributed by atoms with van der Waals surface area (Å²) in [4.78, 5) is 35.7. The smallest absolute Gasteiger partial charge is 0.243 e. The quantitative estimate of drug-likeness (QED) is 0.279. The van der Waals surface area contributed by atoms with Gasteiger partial charge in [-0.3, -0.25) is 14.7 Å². The first-order chi connectivity index (χ1) is 21.6. The van der Waals surface area contributed by atoms with Gasteiger partial charge in [0.2, 0.25) is 5.91 Å². The maximum atomic E-state index is 14.1. The number of nitrogens with zero attached hydrogens (tertiary/aromatic N) is 6. The van der Waals surface area contributed by atoms with Gasteiger partial charge in [0.05, 0.1) is 36.6 Å². The number of hydrogen-bond acceptors (Lipinski definition) is 7. The van der Waals surface area contributed by atoms with Gasteiger partial charge in [-0.15, -0.1) is 0 Å². The van der Waals surface area contributed by atoms with Crippen LogP contribution in [-0.2, 0) is 16.1 Å². The van der Waals surface area contributed by atoms with Crippen molar-refractivity contribution >= 4 is 16.9 Å². The standard InChI is InChI=1S/C34H37N7O3/c1-23-37-29-8-7-28(43-2)17-31(29)41(23)21-33(42)40-15-14-39(19-24-11-16-44-22-24)20-32(40)34-36-18-30(38-34)27-5-3-25(4-6-27)26-9-12-35-13-10-26/h3-10,12-13,17-18,24,32H,11,14-16,19-22H2,1-2H3,(H,36,38)/t24?,32-/m0/s1. The number of aromatic nitrogens is 5. The van der Waals surface area contributed by atoms with E-state index in [0.29, 0.717) is 19.0 Å². The van der Waals surface area contributed by atoms with Crippen molar-refractivity contribution in [1.29, 1.82) is 0 Å². The zero-order valence-electron chi connectivity index (χ0n) is 25.1. The van der Waals surface area contributed by atoms with Gasteiger partial charge in [0.1, 0.15) is 30.0 Å². The van der Waals surface area contributed by atoms with E-state index < -0.39 is 0 Å². The summed E-state index contributed by atoms with van der Waals surface area (Å²) in [6, 6.07) is 18.0. The Morgan fingerprint density at radius 2 is 1.84 bits per heavy atom. The van der Waals surface area contributed by atoms with Crippen molar-refractivity contribution in [1.82, 2.24) is 34.3 Å². The number of aromatic amines is 1. The summed E-state index contributed by atoms with van der Waals surface area (Å²) in [5.74, 6) is 2.91. The van der Waals surface area contributed by atoms with E-state index in [0.717, 1.165) is 83.5 Å². The number of pyridine rings is 1. The molecule has 2 aliphatic rings. The van der Waals surface area contributed by atoms with Gasteiger partial charge >= 0.3 is 0 Å². The summed E-state index contributed by atoms with van der Waals surface area (Å²) in [5, 5.41) is 0. The van der Waals surface area contributed by atoms with E-state index in [4.69, 9.17) is 19.4 Å². The fourth-order valence-corrected chi connectivity index (χ4v) is 6.45. The minimum atomic E-state index is -0.201. The van der Waals surface area contributed by atoms with Crippen LogP contribution in [0.5, 0.6) is 5.75 Å². The molecule has 1 unspecified atom stereocenters. The van der Waals surface area contributed by atoms with E-state index >= 15 is 0 Å². The van der Waals surface area contributed by atoms with Crippen molar-refractivity contribution in [2.75, 3.05) is 46.5 Å². The van der Waals surface area contributed by atoms with Gasteiger partial charge in [-0.2, -0.15) is 0 Å². The topological polar surface area (TPSA) is 101 Å². The van der Waals surface area contributed by atoms with Crippen molar-refractivity contribution in [2.24, 2.45) is 5.92 Å². The second-order valence-corrected chi connectivity index (χ2v) is 11.7. The lowest BCUT2D eigenvalue weighted by Gasteiger charge is -2.41. The fraction of sp³-hybridized carbons (Fsp3) is 0.353. The van der Waals surface area contributed by atoms with Crippen LogP contribution >= 0.6 is 0 Å². The summed E-state index contributed by atoms with van der Waals surface area (Å²) in [6.07, 6.45) is 6.57. The van der Waals surface area contributed by atoms with Crippen LogP contribution in [0.4, 0.5) is 0 Å². The molecule has 1 amide bonds. The van der Waals surface area contributed by atoms with Crippen LogP contribution in [0, 0.1) is 12.8 Å². The summed E-state index contributed by atoms with van der Waals surface area (Å²) in [6.45, 7) is 6.91. The Morgan fingerprint density at radius 1 is 1.05 bits per heavy atom. The normalized spacial score (nSPS) is 19.1. The van der Waals surface area contributed by atoms with E-state index in [1.54, 1.807) is 19.5 Å². The lowest BCUT2D eigenvalue weighted by atomic mass is 10.0. The van der Waals surface area contributed by atoms with Crippen LogP contribution in [0.3, 0.4) is 0 Å². The third-order valence-electron chi connectivity index (χ3n) is 8.89. The first-order valence-corrected chi connectivity index (χ1v) is 15.2. The molecule has 2 saturated heterocycles. The Labute approximate surface area is 256 Å². The molecule has 10 nitrogen and oxygen atoms in total. The first-order valence-electron chi connectivity index (χ1n) is 15.2. The number of hydrogen-bond donors (Lipinski definition) is 1. The second kappa shape index (κ2) is 12.2. The number of amides is 1. The maximum absolute atomic E-state index is 14.1. The Bertz CT molecular complexity index is 1740. The van der Waals surface area contributed by atoms with Crippen LogP contribution in [-0.4, -0.2) is 86.7 Å². The van der Waals surface area contributed by atoms with E-state index in [9.17, 15) is 4.79 Å². The molecule has 0 aliphatic carbocycles. The van der Waals surface area contributed by atoms with Crippen LogP contribution in [0.2, 0.25) is 0 Å². The highest BCUT2D eigenvalue weighted by Crippen LogP contribution is 2.30. The summed E-state index contributed by atoms with van der Waals surface area (Å²) < 4.78 is 13.1. The third-order valence-corrected chi connectivity index (χ3v) is 8.89. The molecule has 5 aromatic rings. The largest absolute Gasteiger partial charge is 0.497 e. The number of fused-ring (bicyclic) bond motifs is 1. The van der Waals surface area contributed by atoms with Crippen LogP contribution in [0.1, 0.15) is 24.1 Å². The SMILES string of the molecule is COc1ccc2nc(C)n(CC(=O)N3CCN(CC4CCOC4)C[C@H]3c3ncc(-c4ccc(-c5ccncc5)cc4)[nH]3)c2c1. The van der Waals surface area contributed by atoms with Crippen LogP contribution in [0.15, 0.2) is 73.2 Å². The average Bonchev–Trinajstić information content (AvgIpc) is 3.83. The van der Waals surface area contributed by atoms with Crippen molar-refractivity contribution < 1.29 is 14.3 Å². The number of carbonyl (C=O) groups excluding carboxylic acids is 1. The molecule has 7 rings (SSSR count). The number of carbonyl (C=O) groups is 1. The number of benzene rings is 2.